The minimum atomic E-state index is -3.83. The molecule has 0 atom stereocenters. The van der Waals surface area contributed by atoms with Crippen LogP contribution in [0.15, 0.2) is 63.9 Å². The molecule has 6 nitrogen and oxygen atoms in total. The van der Waals surface area contributed by atoms with Gasteiger partial charge in [0.2, 0.25) is 0 Å². The van der Waals surface area contributed by atoms with Crippen molar-refractivity contribution in [3.8, 4) is 0 Å². The number of hydrogen-bond donors (Lipinski definition) is 1. The Morgan fingerprint density at radius 3 is 2.44 bits per heavy atom. The van der Waals surface area contributed by atoms with Gasteiger partial charge >= 0.3 is 0 Å². The first kappa shape index (κ1) is 19.1. The molecule has 0 unspecified atom stereocenters. The molecular formula is C19H19N3O3S2. The molecule has 27 heavy (non-hydrogen) atoms. The molecule has 0 radical (unpaired) electrons. The first-order valence-corrected chi connectivity index (χ1v) is 10.5. The summed E-state index contributed by atoms with van der Waals surface area (Å²) in [5.74, 6) is -0.486. The monoisotopic (exact) mass is 401 g/mol. The second-order valence-corrected chi connectivity index (χ2v) is 8.69. The second-order valence-electron chi connectivity index (χ2n) is 6.17. The fourth-order valence-corrected chi connectivity index (χ4v) is 4.50. The van der Waals surface area contributed by atoms with Crippen LogP contribution < -0.4 is 9.52 Å². The Morgan fingerprint density at radius 2 is 1.81 bits per heavy atom. The zero-order chi connectivity index (χ0) is 19.6. The van der Waals surface area contributed by atoms with E-state index in [-0.39, 0.29) is 10.5 Å². The van der Waals surface area contributed by atoms with Crippen LogP contribution in [0.5, 0.6) is 0 Å². The fourth-order valence-electron chi connectivity index (χ4n) is 2.44. The third-order valence-electron chi connectivity index (χ3n) is 3.99. The number of carbonyl (C=O) groups excluding carboxylic acids is 1. The summed E-state index contributed by atoms with van der Waals surface area (Å²) in [6.45, 7) is 3.61. The Hall–Kier alpha value is -2.71. The number of nitrogens with one attached hydrogen (secondary N) is 1. The molecule has 0 bridgehead atoms. The molecule has 1 heterocycles. The van der Waals surface area contributed by atoms with E-state index in [0.717, 1.165) is 5.56 Å². The minimum Gasteiger partial charge on any atom is -0.327 e. The number of nitrogens with zero attached hydrogens (tertiary/aromatic N) is 2. The number of aromatic nitrogens is 1. The van der Waals surface area contributed by atoms with E-state index < -0.39 is 15.9 Å². The van der Waals surface area contributed by atoms with E-state index in [9.17, 15) is 13.2 Å². The number of carbonyl (C=O) groups is 1. The lowest BCUT2D eigenvalue weighted by Gasteiger charge is -2.11. The molecule has 8 heteroatoms. The lowest BCUT2D eigenvalue weighted by atomic mass is 10.1. The van der Waals surface area contributed by atoms with Crippen molar-refractivity contribution in [3.05, 3.63) is 75.5 Å². The van der Waals surface area contributed by atoms with Gasteiger partial charge < -0.3 is 4.57 Å². The van der Waals surface area contributed by atoms with Gasteiger partial charge in [0.15, 0.2) is 4.80 Å². The van der Waals surface area contributed by atoms with E-state index in [2.05, 4.69) is 9.71 Å². The standard InChI is InChI=1S/C19H19N3O3S2/c1-13-4-8-16(9-5-13)21-27(24,25)17-12-15(7-6-14(17)2)18(23)20-19-22(3)10-11-26-19/h4-12,21H,1-3H3. The summed E-state index contributed by atoms with van der Waals surface area (Å²) in [4.78, 5) is 17.1. The average Bonchev–Trinajstić information content (AvgIpc) is 3.01. The van der Waals surface area contributed by atoms with E-state index in [4.69, 9.17) is 0 Å². The van der Waals surface area contributed by atoms with Crippen LogP contribution in [0.25, 0.3) is 0 Å². The van der Waals surface area contributed by atoms with Gasteiger partial charge in [-0.1, -0.05) is 23.8 Å². The number of hydrogen-bond acceptors (Lipinski definition) is 4. The Labute approximate surface area is 161 Å². The molecule has 2 aromatic carbocycles. The predicted molar refractivity (Wildman–Crippen MR) is 106 cm³/mol. The summed E-state index contributed by atoms with van der Waals surface area (Å²) in [6.07, 6.45) is 1.80. The first-order chi connectivity index (χ1) is 12.8. The Morgan fingerprint density at radius 1 is 1.11 bits per heavy atom. The Balaban J connectivity index is 1.96. The molecular weight excluding hydrogens is 382 g/mol. The summed E-state index contributed by atoms with van der Waals surface area (Å²) in [7, 11) is -2.04. The zero-order valence-corrected chi connectivity index (χ0v) is 16.8. The molecule has 140 valence electrons. The van der Waals surface area contributed by atoms with Gasteiger partial charge in [-0.15, -0.1) is 11.3 Å². The Kier molecular flexibility index (Phi) is 5.29. The number of anilines is 1. The maximum atomic E-state index is 12.8. The molecule has 1 aromatic heterocycles. The van der Waals surface area contributed by atoms with E-state index in [1.165, 1.54) is 17.4 Å². The van der Waals surface area contributed by atoms with Crippen LogP contribution in [0.1, 0.15) is 21.5 Å². The van der Waals surface area contributed by atoms with Crippen molar-refractivity contribution >= 4 is 33.0 Å². The van der Waals surface area contributed by atoms with Crippen LogP contribution in [0.3, 0.4) is 0 Å². The Bertz CT molecular complexity index is 1160. The van der Waals surface area contributed by atoms with Crippen LogP contribution >= 0.6 is 11.3 Å². The van der Waals surface area contributed by atoms with E-state index in [1.54, 1.807) is 49.0 Å². The van der Waals surface area contributed by atoms with Crippen LogP contribution in [0, 0.1) is 13.8 Å². The third-order valence-corrected chi connectivity index (χ3v) is 6.36. The number of thiazole rings is 1. The number of benzene rings is 2. The molecule has 0 aliphatic rings. The SMILES string of the molecule is Cc1ccc(NS(=O)(=O)c2cc(C(=O)N=c3sccn3C)ccc2C)cc1. The molecule has 3 aromatic rings. The summed E-state index contributed by atoms with van der Waals surface area (Å²) in [5.41, 5.74) is 2.27. The summed E-state index contributed by atoms with van der Waals surface area (Å²) in [5, 5.41) is 1.82. The molecule has 0 aliphatic carbocycles. The van der Waals surface area contributed by atoms with Gasteiger partial charge in [0.05, 0.1) is 4.90 Å². The zero-order valence-electron chi connectivity index (χ0n) is 15.1. The van der Waals surface area contributed by atoms with Crippen molar-refractivity contribution in [2.75, 3.05) is 4.72 Å². The van der Waals surface area contributed by atoms with Crippen molar-refractivity contribution in [2.45, 2.75) is 18.7 Å². The number of rotatable bonds is 4. The normalized spacial score (nSPS) is 12.2. The predicted octanol–water partition coefficient (Wildman–Crippen LogP) is 3.25. The van der Waals surface area contributed by atoms with Crippen molar-refractivity contribution < 1.29 is 13.2 Å². The van der Waals surface area contributed by atoms with Gasteiger partial charge in [0.1, 0.15) is 0 Å². The number of sulfonamides is 1. The van der Waals surface area contributed by atoms with Gasteiger partial charge in [0.25, 0.3) is 15.9 Å². The van der Waals surface area contributed by atoms with Crippen LogP contribution in [-0.2, 0) is 17.1 Å². The van der Waals surface area contributed by atoms with Crippen LogP contribution in [0.4, 0.5) is 5.69 Å². The summed E-state index contributed by atoms with van der Waals surface area (Å²) < 4.78 is 29.9. The van der Waals surface area contributed by atoms with Crippen molar-refractivity contribution in [1.29, 1.82) is 0 Å². The lowest BCUT2D eigenvalue weighted by molar-refractivity contribution is 0.0997. The molecule has 1 N–H and O–H groups in total. The van der Waals surface area contributed by atoms with Crippen LogP contribution in [0.2, 0.25) is 0 Å². The topological polar surface area (TPSA) is 80.5 Å². The lowest BCUT2D eigenvalue weighted by Crippen LogP contribution is -2.16. The average molecular weight is 402 g/mol. The van der Waals surface area contributed by atoms with Crippen molar-refractivity contribution in [3.63, 3.8) is 0 Å². The van der Waals surface area contributed by atoms with E-state index >= 15 is 0 Å². The maximum Gasteiger partial charge on any atom is 0.279 e. The van der Waals surface area contributed by atoms with E-state index in [1.807, 2.05) is 24.4 Å². The molecule has 0 saturated carbocycles. The summed E-state index contributed by atoms with van der Waals surface area (Å²) >= 11 is 1.33. The smallest absolute Gasteiger partial charge is 0.279 e. The number of amides is 1. The molecule has 1 amide bonds. The summed E-state index contributed by atoms with van der Waals surface area (Å²) in [6, 6.07) is 11.6. The highest BCUT2D eigenvalue weighted by Gasteiger charge is 2.19. The minimum absolute atomic E-state index is 0.0553. The quantitative estimate of drug-likeness (QED) is 0.729. The highest BCUT2D eigenvalue weighted by Crippen LogP contribution is 2.21. The molecule has 0 fully saturated rings. The van der Waals surface area contributed by atoms with E-state index in [0.29, 0.717) is 16.1 Å². The van der Waals surface area contributed by atoms with Gasteiger partial charge in [-0.3, -0.25) is 9.52 Å². The highest BCUT2D eigenvalue weighted by atomic mass is 32.2. The van der Waals surface area contributed by atoms with Crippen molar-refractivity contribution in [2.24, 2.45) is 12.0 Å². The molecule has 3 rings (SSSR count). The van der Waals surface area contributed by atoms with Gasteiger partial charge in [0, 0.05) is 29.9 Å². The highest BCUT2D eigenvalue weighted by molar-refractivity contribution is 7.92. The van der Waals surface area contributed by atoms with Gasteiger partial charge in [-0.2, -0.15) is 4.99 Å². The second kappa shape index (κ2) is 7.50. The maximum absolute atomic E-state index is 12.8. The first-order valence-electron chi connectivity index (χ1n) is 8.15. The fraction of sp³-hybridized carbons (Fsp3) is 0.158. The van der Waals surface area contributed by atoms with Gasteiger partial charge in [-0.05, 0) is 43.7 Å². The largest absolute Gasteiger partial charge is 0.327 e. The molecule has 0 saturated heterocycles. The molecule has 0 aliphatic heterocycles. The van der Waals surface area contributed by atoms with Gasteiger partial charge in [-0.25, -0.2) is 8.42 Å². The molecule has 0 spiro atoms. The number of aryl methyl sites for hydroxylation is 3. The van der Waals surface area contributed by atoms with Crippen molar-refractivity contribution in [1.82, 2.24) is 4.57 Å². The third kappa shape index (κ3) is 4.35. The van der Waals surface area contributed by atoms with Crippen LogP contribution in [-0.4, -0.2) is 18.9 Å².